The molecule has 0 spiro atoms. The van der Waals surface area contributed by atoms with E-state index in [1.807, 2.05) is 6.07 Å². The lowest BCUT2D eigenvalue weighted by Gasteiger charge is -2.38. The summed E-state index contributed by atoms with van der Waals surface area (Å²) in [4.78, 5) is 12.3. The van der Waals surface area contributed by atoms with Gasteiger partial charge in [-0.05, 0) is 18.4 Å². The fourth-order valence-electron chi connectivity index (χ4n) is 3.42. The number of hydrogen-bond acceptors (Lipinski definition) is 4. The van der Waals surface area contributed by atoms with E-state index < -0.39 is 0 Å². The molecule has 0 radical (unpaired) electrons. The molecule has 5 nitrogen and oxygen atoms in total. The fourth-order valence-corrected chi connectivity index (χ4v) is 3.42. The molecule has 1 atom stereocenters. The molecule has 2 saturated heterocycles. The molecule has 0 aromatic heterocycles. The Bertz CT molecular complexity index is 494. The van der Waals surface area contributed by atoms with E-state index in [2.05, 4.69) is 34.9 Å². The van der Waals surface area contributed by atoms with E-state index >= 15 is 0 Å². The molecule has 0 unspecified atom stereocenters. The highest BCUT2D eigenvalue weighted by atomic mass is 16.5. The molecule has 1 aromatic rings. The number of rotatable bonds is 5. The van der Waals surface area contributed by atoms with Crippen molar-refractivity contribution in [2.24, 2.45) is 0 Å². The molecule has 3 rings (SSSR count). The molecule has 1 amide bonds. The van der Waals surface area contributed by atoms with Crippen LogP contribution >= 0.6 is 0 Å². The second-order valence-electron chi connectivity index (χ2n) is 6.44. The Balaban J connectivity index is 1.59. The van der Waals surface area contributed by atoms with E-state index in [0.717, 1.165) is 39.1 Å². The van der Waals surface area contributed by atoms with Gasteiger partial charge in [0.2, 0.25) is 5.91 Å². The highest BCUT2D eigenvalue weighted by Crippen LogP contribution is 2.34. The van der Waals surface area contributed by atoms with Crippen LogP contribution in [-0.4, -0.2) is 51.5 Å². The van der Waals surface area contributed by atoms with Crippen LogP contribution in [0.25, 0.3) is 0 Å². The van der Waals surface area contributed by atoms with E-state index in [1.165, 1.54) is 5.56 Å². The maximum Gasteiger partial charge on any atom is 0.222 e. The van der Waals surface area contributed by atoms with E-state index in [9.17, 15) is 4.79 Å². The average molecular weight is 318 g/mol. The molecule has 23 heavy (non-hydrogen) atoms. The van der Waals surface area contributed by atoms with Crippen LogP contribution in [-0.2, 0) is 19.7 Å². The number of ether oxygens (including phenoxy) is 2. The third kappa shape index (κ3) is 4.31. The number of carbonyl (C=O) groups is 1. The van der Waals surface area contributed by atoms with Gasteiger partial charge < -0.3 is 20.1 Å². The number of morpholine rings is 1. The summed E-state index contributed by atoms with van der Waals surface area (Å²) in [6.07, 6.45) is 2.30. The summed E-state index contributed by atoms with van der Waals surface area (Å²) in [5, 5.41) is 6.39. The summed E-state index contributed by atoms with van der Waals surface area (Å²) in [6.45, 7) is 4.48. The van der Waals surface area contributed by atoms with Crippen LogP contribution in [0, 0.1) is 0 Å². The maximum absolute atomic E-state index is 12.3. The summed E-state index contributed by atoms with van der Waals surface area (Å²) in [5.74, 6) is 0.0699. The molecular formula is C18H26N2O3. The van der Waals surface area contributed by atoms with E-state index in [4.69, 9.17) is 9.47 Å². The van der Waals surface area contributed by atoms with Crippen LogP contribution in [0.1, 0.15) is 24.8 Å². The van der Waals surface area contributed by atoms with Crippen molar-refractivity contribution < 1.29 is 14.3 Å². The summed E-state index contributed by atoms with van der Waals surface area (Å²) in [7, 11) is 0. The smallest absolute Gasteiger partial charge is 0.222 e. The van der Waals surface area contributed by atoms with Gasteiger partial charge in [-0.15, -0.1) is 0 Å². The second-order valence-corrected chi connectivity index (χ2v) is 6.44. The Morgan fingerprint density at radius 1 is 1.22 bits per heavy atom. The van der Waals surface area contributed by atoms with Crippen LogP contribution < -0.4 is 10.6 Å². The summed E-state index contributed by atoms with van der Waals surface area (Å²) in [5.41, 5.74) is 1.28. The zero-order chi connectivity index (χ0) is 16.0. The molecule has 126 valence electrons. The minimum atomic E-state index is -0.0131. The first-order chi connectivity index (χ1) is 11.3. The number of amides is 1. The van der Waals surface area contributed by atoms with Crippen molar-refractivity contribution in [1.29, 1.82) is 0 Å². The fraction of sp³-hybridized carbons (Fsp3) is 0.611. The maximum atomic E-state index is 12.3. The van der Waals surface area contributed by atoms with Crippen LogP contribution in [0.4, 0.5) is 0 Å². The van der Waals surface area contributed by atoms with Gasteiger partial charge in [0.25, 0.3) is 0 Å². The molecule has 0 bridgehead atoms. The highest BCUT2D eigenvalue weighted by molar-refractivity contribution is 5.76. The van der Waals surface area contributed by atoms with Crippen LogP contribution in [0.5, 0.6) is 0 Å². The van der Waals surface area contributed by atoms with E-state index in [-0.39, 0.29) is 17.4 Å². The Kier molecular flexibility index (Phi) is 5.65. The lowest BCUT2D eigenvalue weighted by atomic mass is 9.74. The third-order valence-corrected chi connectivity index (χ3v) is 4.88. The van der Waals surface area contributed by atoms with Gasteiger partial charge >= 0.3 is 0 Å². The monoisotopic (exact) mass is 318 g/mol. The number of benzene rings is 1. The van der Waals surface area contributed by atoms with Gasteiger partial charge in [0.05, 0.1) is 19.1 Å². The van der Waals surface area contributed by atoms with Crippen molar-refractivity contribution in [2.45, 2.75) is 30.8 Å². The molecule has 5 heteroatoms. The molecule has 2 aliphatic rings. The zero-order valence-electron chi connectivity index (χ0n) is 13.6. The van der Waals surface area contributed by atoms with Gasteiger partial charge in [-0.2, -0.15) is 0 Å². The number of hydrogen-bond donors (Lipinski definition) is 2. The summed E-state index contributed by atoms with van der Waals surface area (Å²) in [6, 6.07) is 10.5. The Labute approximate surface area is 137 Å². The topological polar surface area (TPSA) is 59.6 Å². The van der Waals surface area contributed by atoms with Gasteiger partial charge in [0, 0.05) is 38.3 Å². The summed E-state index contributed by atoms with van der Waals surface area (Å²) >= 11 is 0. The first kappa shape index (κ1) is 16.4. The van der Waals surface area contributed by atoms with Gasteiger partial charge in [0.1, 0.15) is 0 Å². The van der Waals surface area contributed by atoms with E-state index in [1.54, 1.807) is 0 Å². The Morgan fingerprint density at radius 2 is 2.00 bits per heavy atom. The standard InChI is InChI=1S/C18H26N2O3/c21-17(12-16-13-19-8-11-23-16)20-14-18(6-9-22-10-7-18)15-4-2-1-3-5-15/h1-5,16,19H,6-14H2,(H,20,21)/t16-/m1/s1. The molecule has 1 aromatic carbocycles. The van der Waals surface area contributed by atoms with Crippen molar-refractivity contribution in [3.8, 4) is 0 Å². The SMILES string of the molecule is O=C(C[C@@H]1CNCCO1)NCC1(c2ccccc2)CCOCC1. The number of nitrogens with one attached hydrogen (secondary N) is 2. The molecule has 0 aliphatic carbocycles. The van der Waals surface area contributed by atoms with Gasteiger partial charge in [-0.25, -0.2) is 0 Å². The minimum absolute atomic E-state index is 0.00823. The molecule has 2 fully saturated rings. The third-order valence-electron chi connectivity index (χ3n) is 4.88. The van der Waals surface area contributed by atoms with Gasteiger partial charge in [0.15, 0.2) is 0 Å². The Morgan fingerprint density at radius 3 is 2.70 bits per heavy atom. The first-order valence-corrected chi connectivity index (χ1v) is 8.51. The van der Waals surface area contributed by atoms with Crippen molar-refractivity contribution in [2.75, 3.05) is 39.5 Å². The van der Waals surface area contributed by atoms with E-state index in [0.29, 0.717) is 19.6 Å². The molecule has 2 N–H and O–H groups in total. The van der Waals surface area contributed by atoms with Crippen molar-refractivity contribution in [3.05, 3.63) is 35.9 Å². The zero-order valence-corrected chi connectivity index (χ0v) is 13.6. The molecular weight excluding hydrogens is 292 g/mol. The Hall–Kier alpha value is -1.43. The van der Waals surface area contributed by atoms with Crippen molar-refractivity contribution in [3.63, 3.8) is 0 Å². The minimum Gasteiger partial charge on any atom is -0.381 e. The first-order valence-electron chi connectivity index (χ1n) is 8.51. The second kappa shape index (κ2) is 7.90. The van der Waals surface area contributed by atoms with Gasteiger partial charge in [-0.1, -0.05) is 30.3 Å². The normalized spacial score (nSPS) is 24.1. The predicted molar refractivity (Wildman–Crippen MR) is 88.4 cm³/mol. The predicted octanol–water partition coefficient (Wildman–Crippen LogP) is 1.23. The van der Waals surface area contributed by atoms with Crippen molar-refractivity contribution in [1.82, 2.24) is 10.6 Å². The molecule has 2 aliphatic heterocycles. The highest BCUT2D eigenvalue weighted by Gasteiger charge is 2.34. The van der Waals surface area contributed by atoms with Crippen molar-refractivity contribution >= 4 is 5.91 Å². The number of carbonyl (C=O) groups excluding carboxylic acids is 1. The molecule has 0 saturated carbocycles. The lowest BCUT2D eigenvalue weighted by molar-refractivity contribution is -0.125. The van der Waals surface area contributed by atoms with Gasteiger partial charge in [-0.3, -0.25) is 4.79 Å². The van der Waals surface area contributed by atoms with Crippen LogP contribution in [0.3, 0.4) is 0 Å². The average Bonchev–Trinajstić information content (AvgIpc) is 2.62. The largest absolute Gasteiger partial charge is 0.381 e. The summed E-state index contributed by atoms with van der Waals surface area (Å²) < 4.78 is 11.1. The lowest BCUT2D eigenvalue weighted by Crippen LogP contribution is -2.46. The molecule has 2 heterocycles. The quantitative estimate of drug-likeness (QED) is 0.857. The van der Waals surface area contributed by atoms with Crippen LogP contribution in [0.2, 0.25) is 0 Å². The van der Waals surface area contributed by atoms with Crippen LogP contribution in [0.15, 0.2) is 30.3 Å².